The van der Waals surface area contributed by atoms with E-state index in [1.165, 1.54) is 17.6 Å². The van der Waals surface area contributed by atoms with Crippen molar-refractivity contribution in [2.75, 3.05) is 18.5 Å². The second-order valence-electron chi connectivity index (χ2n) is 9.62. The van der Waals surface area contributed by atoms with Gasteiger partial charge in [0.05, 0.1) is 18.6 Å². The monoisotopic (exact) mass is 582 g/mol. The Morgan fingerprint density at radius 3 is 2.51 bits per heavy atom. The number of anilines is 1. The molecule has 0 saturated heterocycles. The van der Waals surface area contributed by atoms with E-state index in [1.54, 1.807) is 34.6 Å². The molecule has 3 N–H and O–H groups in total. The number of hydrogen-bond acceptors (Lipinski definition) is 11. The van der Waals surface area contributed by atoms with Gasteiger partial charge in [-0.2, -0.15) is 4.98 Å². The molecule has 0 bridgehead atoms. The minimum atomic E-state index is -1.05. The van der Waals surface area contributed by atoms with Crippen molar-refractivity contribution in [2.24, 2.45) is 5.41 Å². The quantitative estimate of drug-likeness (QED) is 0.250. The number of esters is 2. The smallest absolute Gasteiger partial charge is 0.328 e. The predicted molar refractivity (Wildman–Crippen MR) is 150 cm³/mol. The second kappa shape index (κ2) is 13.6. The van der Waals surface area contributed by atoms with E-state index in [9.17, 15) is 24.0 Å². The number of ether oxygens (including phenoxy) is 2. The molecule has 0 radical (unpaired) electrons. The van der Waals surface area contributed by atoms with E-state index in [0.717, 1.165) is 11.3 Å². The van der Waals surface area contributed by atoms with E-state index in [0.29, 0.717) is 10.6 Å². The van der Waals surface area contributed by atoms with Crippen LogP contribution in [-0.2, 0) is 23.9 Å². The minimum absolute atomic E-state index is 0.00608. The number of carbonyl (C=O) groups excluding carboxylic acids is 4. The number of aromatic amines is 1. The Balaban J connectivity index is 1.72. The third-order valence-electron chi connectivity index (χ3n) is 5.34. The van der Waals surface area contributed by atoms with Crippen LogP contribution in [-0.4, -0.2) is 62.9 Å². The fraction of sp³-hybridized carbons (Fsp3) is 0.407. The molecule has 3 aromatic rings. The molecular weight excluding hydrogens is 552 g/mol. The molecule has 0 spiro atoms. The molecule has 41 heavy (non-hydrogen) atoms. The van der Waals surface area contributed by atoms with Gasteiger partial charge < -0.3 is 14.8 Å². The van der Waals surface area contributed by atoms with Gasteiger partial charge in [0.15, 0.2) is 10.7 Å². The number of nitrogens with one attached hydrogen (secondary N) is 3. The molecule has 216 valence electrons. The first-order valence-electron chi connectivity index (χ1n) is 12.7. The van der Waals surface area contributed by atoms with Gasteiger partial charge in [-0.25, -0.2) is 14.8 Å². The van der Waals surface area contributed by atoms with Crippen LogP contribution in [0.4, 0.5) is 5.95 Å². The summed E-state index contributed by atoms with van der Waals surface area (Å²) < 4.78 is 9.88. The molecule has 2 amide bonds. The number of fused-ring (bicyclic) bond motifs is 1. The molecule has 3 heterocycles. The summed E-state index contributed by atoms with van der Waals surface area (Å²) >= 11 is 1.11. The molecule has 3 aromatic heterocycles. The Bertz CT molecular complexity index is 1580. The summed E-state index contributed by atoms with van der Waals surface area (Å²) in [5.41, 5.74) is -0.604. The summed E-state index contributed by atoms with van der Waals surface area (Å²) in [5.74, 6) is 3.56. The molecule has 0 aliphatic rings. The summed E-state index contributed by atoms with van der Waals surface area (Å²) in [6.07, 6.45) is 1.36. The van der Waals surface area contributed by atoms with Crippen molar-refractivity contribution < 1.29 is 28.7 Å². The van der Waals surface area contributed by atoms with Crippen molar-refractivity contribution in [3.05, 3.63) is 44.3 Å². The third kappa shape index (κ3) is 8.67. The van der Waals surface area contributed by atoms with Gasteiger partial charge >= 0.3 is 11.9 Å². The maximum absolute atomic E-state index is 12.7. The van der Waals surface area contributed by atoms with Gasteiger partial charge in [-0.05, 0) is 32.3 Å². The number of aromatic nitrogens is 4. The molecule has 0 saturated carbocycles. The van der Waals surface area contributed by atoms with Crippen LogP contribution in [0.25, 0.3) is 11.0 Å². The third-order valence-corrected chi connectivity index (χ3v) is 6.10. The first-order valence-corrected chi connectivity index (χ1v) is 13.6. The van der Waals surface area contributed by atoms with Crippen molar-refractivity contribution >= 4 is 52.1 Å². The summed E-state index contributed by atoms with van der Waals surface area (Å²) in [4.78, 5) is 76.6. The highest BCUT2D eigenvalue weighted by Crippen LogP contribution is 2.16. The number of rotatable bonds is 9. The zero-order chi connectivity index (χ0) is 30.2. The highest BCUT2D eigenvalue weighted by Gasteiger charge is 2.25. The fourth-order valence-corrected chi connectivity index (χ4v) is 3.87. The van der Waals surface area contributed by atoms with Crippen LogP contribution in [0.15, 0.2) is 22.4 Å². The molecule has 0 unspecified atom stereocenters. The maximum Gasteiger partial charge on any atom is 0.328 e. The van der Waals surface area contributed by atoms with Crippen LogP contribution in [0.2, 0.25) is 0 Å². The Labute approximate surface area is 239 Å². The standard InChI is InChI=1S/C27H30N6O7S/c1-6-39-20(34)11-9-17(24(37)40-7-2)30-23(36)18-14-41-19(29-18)10-8-15-12-16-21(28-13-15)31-26(32-22(16)35)33-25(38)27(3,4)5/h12-14,17H,6-7,9,11H2,1-5H3,(H,30,36)(H2,28,31,32,33,35,38)/t17-/m1/s1. The Hall–Kier alpha value is -4.64. The molecular formula is C27H30N6O7S. The lowest BCUT2D eigenvalue weighted by Gasteiger charge is -2.16. The number of pyridine rings is 1. The van der Waals surface area contributed by atoms with Crippen LogP contribution in [0.5, 0.6) is 0 Å². The molecule has 0 fully saturated rings. The van der Waals surface area contributed by atoms with Crippen LogP contribution >= 0.6 is 11.3 Å². The van der Waals surface area contributed by atoms with Crippen LogP contribution in [0, 0.1) is 17.3 Å². The highest BCUT2D eigenvalue weighted by molar-refractivity contribution is 7.10. The number of hydrogen-bond donors (Lipinski definition) is 3. The van der Waals surface area contributed by atoms with E-state index < -0.39 is 34.9 Å². The fourth-order valence-electron chi connectivity index (χ4n) is 3.23. The Morgan fingerprint density at radius 1 is 1.10 bits per heavy atom. The maximum atomic E-state index is 12.7. The van der Waals surface area contributed by atoms with Gasteiger partial charge in [-0.15, -0.1) is 11.3 Å². The summed E-state index contributed by atoms with van der Waals surface area (Å²) in [6.45, 7) is 8.83. The zero-order valence-corrected chi connectivity index (χ0v) is 24.1. The Morgan fingerprint density at radius 2 is 1.83 bits per heavy atom. The SMILES string of the molecule is CCOC(=O)CC[C@@H](NC(=O)c1csc(C#Cc2cnc3nc(NC(=O)C(C)(C)C)[nH]c(=O)c3c2)n1)C(=O)OCC. The van der Waals surface area contributed by atoms with Crippen LogP contribution in [0.3, 0.4) is 0 Å². The van der Waals surface area contributed by atoms with Gasteiger partial charge in [0.1, 0.15) is 11.7 Å². The predicted octanol–water partition coefficient (Wildman–Crippen LogP) is 2.16. The first kappa shape index (κ1) is 30.9. The van der Waals surface area contributed by atoms with E-state index in [-0.39, 0.29) is 54.6 Å². The molecule has 3 rings (SSSR count). The number of carbonyl (C=O) groups is 4. The van der Waals surface area contributed by atoms with Crippen LogP contribution in [0.1, 0.15) is 68.5 Å². The van der Waals surface area contributed by atoms with Crippen molar-refractivity contribution in [1.82, 2.24) is 25.3 Å². The minimum Gasteiger partial charge on any atom is -0.466 e. The normalized spacial score (nSPS) is 11.6. The number of H-pyrrole nitrogens is 1. The van der Waals surface area contributed by atoms with Crippen molar-refractivity contribution in [3.8, 4) is 11.8 Å². The van der Waals surface area contributed by atoms with Gasteiger partial charge in [0.2, 0.25) is 11.9 Å². The van der Waals surface area contributed by atoms with Crippen molar-refractivity contribution in [2.45, 2.75) is 53.5 Å². The lowest BCUT2D eigenvalue weighted by atomic mass is 9.96. The topological polar surface area (TPSA) is 182 Å². The molecule has 0 aliphatic carbocycles. The average molecular weight is 583 g/mol. The molecule has 13 nitrogen and oxygen atoms in total. The average Bonchev–Trinajstić information content (AvgIpc) is 3.39. The van der Waals surface area contributed by atoms with E-state index in [1.807, 2.05) is 0 Å². The van der Waals surface area contributed by atoms with E-state index in [2.05, 4.69) is 42.4 Å². The lowest BCUT2D eigenvalue weighted by molar-refractivity contribution is -0.146. The van der Waals surface area contributed by atoms with Gasteiger partial charge in [0, 0.05) is 29.0 Å². The van der Waals surface area contributed by atoms with Crippen molar-refractivity contribution in [1.29, 1.82) is 0 Å². The van der Waals surface area contributed by atoms with E-state index >= 15 is 0 Å². The van der Waals surface area contributed by atoms with Gasteiger partial charge in [-0.3, -0.25) is 29.5 Å². The van der Waals surface area contributed by atoms with Gasteiger partial charge in [0.25, 0.3) is 11.5 Å². The molecule has 1 atom stereocenters. The first-order chi connectivity index (χ1) is 19.4. The zero-order valence-electron chi connectivity index (χ0n) is 23.2. The van der Waals surface area contributed by atoms with Crippen molar-refractivity contribution in [3.63, 3.8) is 0 Å². The number of amides is 2. The highest BCUT2D eigenvalue weighted by atomic mass is 32.1. The van der Waals surface area contributed by atoms with Crippen LogP contribution < -0.4 is 16.2 Å². The largest absolute Gasteiger partial charge is 0.466 e. The lowest BCUT2D eigenvalue weighted by Crippen LogP contribution is -2.42. The number of thiazole rings is 1. The summed E-state index contributed by atoms with van der Waals surface area (Å²) in [7, 11) is 0. The molecule has 0 aliphatic heterocycles. The number of nitrogens with zero attached hydrogens (tertiary/aromatic N) is 3. The summed E-state index contributed by atoms with van der Waals surface area (Å²) in [6, 6.07) is 0.450. The van der Waals surface area contributed by atoms with Gasteiger partial charge in [-0.1, -0.05) is 26.7 Å². The molecule has 0 aromatic carbocycles. The molecule has 14 heteroatoms. The summed E-state index contributed by atoms with van der Waals surface area (Å²) in [5, 5.41) is 7.08. The van der Waals surface area contributed by atoms with E-state index in [4.69, 9.17) is 9.47 Å². The second-order valence-corrected chi connectivity index (χ2v) is 10.5. The Kier molecular flexibility index (Phi) is 10.3.